The lowest BCUT2D eigenvalue weighted by atomic mass is 10.1. The first-order valence-electron chi connectivity index (χ1n) is 12.7. The topological polar surface area (TPSA) is 106 Å². The van der Waals surface area contributed by atoms with Crippen LogP contribution in [0.4, 0.5) is 22.0 Å². The molecule has 3 aliphatic heterocycles. The van der Waals surface area contributed by atoms with Crippen molar-refractivity contribution in [1.82, 2.24) is 14.9 Å². The van der Waals surface area contributed by atoms with E-state index in [2.05, 4.69) is 20.2 Å². The Morgan fingerprint density at radius 1 is 1.11 bits per heavy atom. The van der Waals surface area contributed by atoms with Gasteiger partial charge in [0.25, 0.3) is 5.91 Å². The number of carbonyl (C=O) groups excluding carboxylic acids is 2. The second-order valence-electron chi connectivity index (χ2n) is 9.69. The number of anilines is 3. The fraction of sp³-hybridized carbons (Fsp3) is 0.538. The molecule has 2 fully saturated rings. The fourth-order valence-corrected chi connectivity index (χ4v) is 4.87. The highest BCUT2D eigenvalue weighted by Crippen LogP contribution is 2.36. The highest BCUT2D eigenvalue weighted by molar-refractivity contribution is 5.94. The second-order valence-corrected chi connectivity index (χ2v) is 9.69. The number of rotatable bonds is 6. The standard InChI is InChI=1S/C26H33N5O5/c1-17(2)35-26(33)30-10-8-20(9-11-30)36-24-15-23(27-16-28-24)31-12-7-18-14-19(5-6-21(18)31)29-25(32)22-4-3-13-34-22/h5-6,14-17,20,22H,3-4,7-13H2,1-2H3,(H,29,32)/t22-/m0/s1. The van der Waals surface area contributed by atoms with Crippen molar-refractivity contribution in [2.75, 3.05) is 36.5 Å². The molecule has 192 valence electrons. The van der Waals surface area contributed by atoms with Gasteiger partial charge in [-0.1, -0.05) is 0 Å². The molecule has 10 nitrogen and oxygen atoms in total. The van der Waals surface area contributed by atoms with Crippen molar-refractivity contribution >= 4 is 29.2 Å². The number of piperidine rings is 1. The average molecular weight is 496 g/mol. The first-order chi connectivity index (χ1) is 17.5. The third kappa shape index (κ3) is 5.53. The van der Waals surface area contributed by atoms with E-state index in [1.54, 1.807) is 4.90 Å². The van der Waals surface area contributed by atoms with Crippen LogP contribution in [0.25, 0.3) is 0 Å². The van der Waals surface area contributed by atoms with Crippen LogP contribution >= 0.6 is 0 Å². The number of carbonyl (C=O) groups is 2. The first-order valence-corrected chi connectivity index (χ1v) is 12.7. The number of amides is 2. The molecule has 0 spiro atoms. The van der Waals surface area contributed by atoms with Crippen LogP contribution < -0.4 is 15.0 Å². The number of aromatic nitrogens is 2. The SMILES string of the molecule is CC(C)OC(=O)N1CCC(Oc2cc(N3CCc4cc(NC(=O)[C@@H]5CCCO5)ccc43)ncn2)CC1. The number of nitrogens with zero attached hydrogens (tertiary/aromatic N) is 4. The predicted octanol–water partition coefficient (Wildman–Crippen LogP) is 3.68. The number of benzene rings is 1. The maximum absolute atomic E-state index is 12.4. The van der Waals surface area contributed by atoms with E-state index < -0.39 is 0 Å². The lowest BCUT2D eigenvalue weighted by molar-refractivity contribution is -0.124. The number of ether oxygens (including phenoxy) is 3. The Balaban J connectivity index is 1.19. The van der Waals surface area contributed by atoms with Gasteiger partial charge in [-0.3, -0.25) is 4.79 Å². The Bertz CT molecular complexity index is 1100. The summed E-state index contributed by atoms with van der Waals surface area (Å²) in [5.41, 5.74) is 3.00. The molecule has 10 heteroatoms. The van der Waals surface area contributed by atoms with Crippen molar-refractivity contribution in [3.8, 4) is 5.88 Å². The van der Waals surface area contributed by atoms with E-state index in [4.69, 9.17) is 14.2 Å². The Morgan fingerprint density at radius 3 is 2.69 bits per heavy atom. The molecule has 1 atom stereocenters. The molecule has 1 aromatic carbocycles. The van der Waals surface area contributed by atoms with E-state index in [1.165, 1.54) is 6.33 Å². The van der Waals surface area contributed by atoms with Gasteiger partial charge < -0.3 is 29.3 Å². The maximum atomic E-state index is 12.4. The number of nitrogens with one attached hydrogen (secondary N) is 1. The molecule has 2 aromatic rings. The zero-order valence-electron chi connectivity index (χ0n) is 20.8. The molecule has 3 aliphatic rings. The fourth-order valence-electron chi connectivity index (χ4n) is 4.87. The highest BCUT2D eigenvalue weighted by Gasteiger charge is 2.28. The minimum atomic E-state index is -0.352. The number of likely N-dealkylation sites (tertiary alicyclic amines) is 1. The summed E-state index contributed by atoms with van der Waals surface area (Å²) in [6.45, 7) is 6.32. The third-order valence-electron chi connectivity index (χ3n) is 6.69. The summed E-state index contributed by atoms with van der Waals surface area (Å²) >= 11 is 0. The minimum Gasteiger partial charge on any atom is -0.474 e. The zero-order valence-corrected chi connectivity index (χ0v) is 20.8. The van der Waals surface area contributed by atoms with Gasteiger partial charge in [-0.15, -0.1) is 0 Å². The smallest absolute Gasteiger partial charge is 0.410 e. The van der Waals surface area contributed by atoms with Gasteiger partial charge >= 0.3 is 6.09 Å². The Kier molecular flexibility index (Phi) is 7.22. The van der Waals surface area contributed by atoms with Crippen molar-refractivity contribution in [2.24, 2.45) is 0 Å². The lowest BCUT2D eigenvalue weighted by Crippen LogP contribution is -2.42. The van der Waals surface area contributed by atoms with Crippen LogP contribution in [0.5, 0.6) is 5.88 Å². The molecule has 5 rings (SSSR count). The van der Waals surface area contributed by atoms with E-state index in [1.807, 2.05) is 38.1 Å². The molecule has 2 saturated heterocycles. The van der Waals surface area contributed by atoms with Gasteiger partial charge in [0, 0.05) is 56.5 Å². The summed E-state index contributed by atoms with van der Waals surface area (Å²) in [5.74, 6) is 1.22. The maximum Gasteiger partial charge on any atom is 0.410 e. The largest absolute Gasteiger partial charge is 0.474 e. The summed E-state index contributed by atoms with van der Waals surface area (Å²) in [7, 11) is 0. The Morgan fingerprint density at radius 2 is 1.94 bits per heavy atom. The van der Waals surface area contributed by atoms with E-state index in [9.17, 15) is 9.59 Å². The van der Waals surface area contributed by atoms with Gasteiger partial charge in [0.15, 0.2) is 0 Å². The molecule has 36 heavy (non-hydrogen) atoms. The normalized spacial score (nSPS) is 19.9. The van der Waals surface area contributed by atoms with Crippen molar-refractivity contribution in [1.29, 1.82) is 0 Å². The van der Waals surface area contributed by atoms with Crippen molar-refractivity contribution in [3.63, 3.8) is 0 Å². The molecule has 1 aromatic heterocycles. The summed E-state index contributed by atoms with van der Waals surface area (Å²) in [6, 6.07) is 7.82. The molecule has 0 aliphatic carbocycles. The number of fused-ring (bicyclic) bond motifs is 1. The summed E-state index contributed by atoms with van der Waals surface area (Å²) in [6.07, 6.45) is 4.75. The monoisotopic (exact) mass is 495 g/mol. The highest BCUT2D eigenvalue weighted by atomic mass is 16.6. The first kappa shape index (κ1) is 24.3. The average Bonchev–Trinajstić information content (AvgIpc) is 3.55. The van der Waals surface area contributed by atoms with E-state index in [0.29, 0.717) is 25.6 Å². The van der Waals surface area contributed by atoms with Crippen LogP contribution in [0.1, 0.15) is 45.1 Å². The van der Waals surface area contributed by atoms with Crippen LogP contribution in [0.2, 0.25) is 0 Å². The number of hydrogen-bond acceptors (Lipinski definition) is 8. The van der Waals surface area contributed by atoms with Crippen molar-refractivity contribution in [3.05, 3.63) is 36.2 Å². The van der Waals surface area contributed by atoms with Gasteiger partial charge in [-0.25, -0.2) is 14.8 Å². The second kappa shape index (κ2) is 10.7. The van der Waals surface area contributed by atoms with E-state index in [0.717, 1.165) is 61.4 Å². The van der Waals surface area contributed by atoms with Crippen molar-refractivity contribution < 1.29 is 23.8 Å². The molecule has 0 radical (unpaired) electrons. The van der Waals surface area contributed by atoms with Crippen LogP contribution in [0, 0.1) is 0 Å². The molecule has 2 amide bonds. The van der Waals surface area contributed by atoms with Crippen LogP contribution in [0.3, 0.4) is 0 Å². The minimum absolute atomic E-state index is 0.0169. The molecule has 0 unspecified atom stereocenters. The molecule has 0 bridgehead atoms. The third-order valence-corrected chi connectivity index (χ3v) is 6.69. The van der Waals surface area contributed by atoms with E-state index in [-0.39, 0.29) is 30.3 Å². The molecular formula is C26H33N5O5. The predicted molar refractivity (Wildman–Crippen MR) is 134 cm³/mol. The van der Waals surface area contributed by atoms with Gasteiger partial charge in [-0.05, 0) is 56.9 Å². The van der Waals surface area contributed by atoms with Gasteiger partial charge in [0.1, 0.15) is 24.4 Å². The summed E-state index contributed by atoms with van der Waals surface area (Å²) < 4.78 is 16.9. The van der Waals surface area contributed by atoms with Gasteiger partial charge in [0.05, 0.1) is 6.10 Å². The summed E-state index contributed by atoms with van der Waals surface area (Å²) in [5, 5.41) is 2.98. The molecule has 1 N–H and O–H groups in total. The van der Waals surface area contributed by atoms with Crippen LogP contribution in [-0.4, -0.2) is 71.4 Å². The molecular weight excluding hydrogens is 462 g/mol. The van der Waals surface area contributed by atoms with Crippen LogP contribution in [-0.2, 0) is 20.7 Å². The van der Waals surface area contributed by atoms with Crippen LogP contribution in [0.15, 0.2) is 30.6 Å². The number of hydrogen-bond donors (Lipinski definition) is 1. The Labute approximate surface area is 210 Å². The van der Waals surface area contributed by atoms with Gasteiger partial charge in [-0.2, -0.15) is 0 Å². The molecule has 0 saturated carbocycles. The zero-order chi connectivity index (χ0) is 25.1. The lowest BCUT2D eigenvalue weighted by Gasteiger charge is -2.31. The van der Waals surface area contributed by atoms with Gasteiger partial charge in [0.2, 0.25) is 5.88 Å². The summed E-state index contributed by atoms with van der Waals surface area (Å²) in [4.78, 5) is 37.2. The van der Waals surface area contributed by atoms with E-state index >= 15 is 0 Å². The quantitative estimate of drug-likeness (QED) is 0.647. The Hall–Kier alpha value is -3.40. The van der Waals surface area contributed by atoms with Crippen molar-refractivity contribution in [2.45, 2.75) is 64.3 Å². The molecule has 4 heterocycles.